The molecule has 0 amide bonds. The second kappa shape index (κ2) is 10.0. The molecule has 0 aliphatic carbocycles. The minimum Gasteiger partial charge on any atom is -0.455 e. The van der Waals surface area contributed by atoms with Gasteiger partial charge < -0.3 is 4.42 Å². The molecule has 0 fully saturated rings. The fraction of sp³-hybridized carbons (Fsp3) is 0. The average molecular weight is 581 g/mol. The molecule has 0 atom stereocenters. The van der Waals surface area contributed by atoms with E-state index in [9.17, 15) is 0 Å². The van der Waals surface area contributed by atoms with Gasteiger partial charge in [0.15, 0.2) is 5.82 Å². The summed E-state index contributed by atoms with van der Waals surface area (Å²) in [5, 5.41) is 4.66. The molecule has 0 bridgehead atoms. The van der Waals surface area contributed by atoms with E-state index in [1.54, 1.807) is 11.3 Å². The highest BCUT2D eigenvalue weighted by molar-refractivity contribution is 7.26. The van der Waals surface area contributed by atoms with E-state index in [1.165, 1.54) is 20.2 Å². The maximum Gasteiger partial charge on any atom is 0.161 e. The van der Waals surface area contributed by atoms with Crippen molar-refractivity contribution in [2.75, 3.05) is 0 Å². The van der Waals surface area contributed by atoms with Crippen LogP contribution >= 0.6 is 11.3 Å². The first-order valence-corrected chi connectivity index (χ1v) is 15.5. The van der Waals surface area contributed by atoms with Crippen LogP contribution in [0.4, 0.5) is 0 Å². The quantitative estimate of drug-likeness (QED) is 0.208. The number of hydrogen-bond acceptors (Lipinski definition) is 4. The summed E-state index contributed by atoms with van der Waals surface area (Å²) >= 11 is 1.79. The van der Waals surface area contributed by atoms with Crippen LogP contribution in [0, 0.1) is 0 Å². The molecule has 3 heterocycles. The number of fused-ring (bicyclic) bond motifs is 6. The number of thiophene rings is 1. The van der Waals surface area contributed by atoms with Crippen LogP contribution < -0.4 is 0 Å². The summed E-state index contributed by atoms with van der Waals surface area (Å²) in [7, 11) is 0. The van der Waals surface area contributed by atoms with Crippen LogP contribution in [0.5, 0.6) is 0 Å². The lowest BCUT2D eigenvalue weighted by Crippen LogP contribution is -1.97. The van der Waals surface area contributed by atoms with Crippen LogP contribution in [0.2, 0.25) is 0 Å². The molecule has 4 heteroatoms. The number of hydrogen-bond donors (Lipinski definition) is 0. The highest BCUT2D eigenvalue weighted by atomic mass is 32.1. The van der Waals surface area contributed by atoms with E-state index in [0.717, 1.165) is 61.1 Å². The number of furan rings is 1. The van der Waals surface area contributed by atoms with Crippen LogP contribution in [-0.4, -0.2) is 9.97 Å². The number of para-hydroxylation sites is 2. The zero-order chi connectivity index (χ0) is 29.0. The summed E-state index contributed by atoms with van der Waals surface area (Å²) in [6.45, 7) is 0. The standard InChI is InChI=1S/C40H24N2OS/c1-2-12-25(13-3-1)26-14-4-5-15-27(26)34-24-35(32-20-10-18-30-28-16-6-8-22-36(28)43-38(30)32)42-40(41-34)33-21-11-19-31-29-17-7-9-23-37(29)44-39(31)33/h1-24H. The first kappa shape index (κ1) is 25.0. The zero-order valence-corrected chi connectivity index (χ0v) is 24.4. The molecule has 0 radical (unpaired) electrons. The lowest BCUT2D eigenvalue weighted by Gasteiger charge is -2.13. The smallest absolute Gasteiger partial charge is 0.161 e. The number of rotatable bonds is 4. The van der Waals surface area contributed by atoms with Gasteiger partial charge in [0.25, 0.3) is 0 Å². The Balaban J connectivity index is 1.35. The molecule has 0 saturated carbocycles. The van der Waals surface area contributed by atoms with Crippen LogP contribution in [-0.2, 0) is 0 Å². The molecule has 0 aliphatic heterocycles. The fourth-order valence-electron chi connectivity index (χ4n) is 6.29. The number of nitrogens with zero attached hydrogens (tertiary/aromatic N) is 2. The number of benzene rings is 6. The molecule has 206 valence electrons. The van der Waals surface area contributed by atoms with Gasteiger partial charge in [0.05, 0.1) is 11.4 Å². The SMILES string of the molecule is c1ccc(-c2ccccc2-c2cc(-c3cccc4c3oc3ccccc34)nc(-c3cccc4c3sc3ccccc34)n2)cc1. The Morgan fingerprint density at radius 1 is 0.455 bits per heavy atom. The number of aromatic nitrogens is 2. The lowest BCUT2D eigenvalue weighted by atomic mass is 9.96. The van der Waals surface area contributed by atoms with Gasteiger partial charge in [-0.1, -0.05) is 115 Å². The van der Waals surface area contributed by atoms with Gasteiger partial charge in [-0.2, -0.15) is 0 Å². The van der Waals surface area contributed by atoms with E-state index in [1.807, 2.05) is 18.2 Å². The molecule has 0 N–H and O–H groups in total. The van der Waals surface area contributed by atoms with Crippen molar-refractivity contribution in [1.29, 1.82) is 0 Å². The second-order valence-corrected chi connectivity index (χ2v) is 12.0. The minimum absolute atomic E-state index is 0.700. The molecular weight excluding hydrogens is 557 g/mol. The van der Waals surface area contributed by atoms with E-state index in [0.29, 0.717) is 5.82 Å². The van der Waals surface area contributed by atoms with Gasteiger partial charge in [0, 0.05) is 47.6 Å². The van der Waals surface area contributed by atoms with Crippen molar-refractivity contribution < 1.29 is 4.42 Å². The summed E-state index contributed by atoms with van der Waals surface area (Å²) < 4.78 is 8.92. The third-order valence-electron chi connectivity index (χ3n) is 8.34. The lowest BCUT2D eigenvalue weighted by molar-refractivity contribution is 0.670. The molecule has 44 heavy (non-hydrogen) atoms. The van der Waals surface area contributed by atoms with Gasteiger partial charge in [-0.3, -0.25) is 0 Å². The molecule has 3 aromatic heterocycles. The van der Waals surface area contributed by atoms with E-state index >= 15 is 0 Å². The van der Waals surface area contributed by atoms with Crippen molar-refractivity contribution in [2.24, 2.45) is 0 Å². The molecule has 0 unspecified atom stereocenters. The van der Waals surface area contributed by atoms with E-state index in [2.05, 4.69) is 127 Å². The predicted molar refractivity (Wildman–Crippen MR) is 184 cm³/mol. The predicted octanol–water partition coefficient (Wildman–Crippen LogP) is 11.4. The fourth-order valence-corrected chi connectivity index (χ4v) is 7.50. The van der Waals surface area contributed by atoms with E-state index in [4.69, 9.17) is 14.4 Å². The third-order valence-corrected chi connectivity index (χ3v) is 9.56. The van der Waals surface area contributed by atoms with Crippen LogP contribution in [0.3, 0.4) is 0 Å². The van der Waals surface area contributed by atoms with Crippen molar-refractivity contribution in [3.05, 3.63) is 146 Å². The van der Waals surface area contributed by atoms with Crippen molar-refractivity contribution in [3.8, 4) is 45.0 Å². The second-order valence-electron chi connectivity index (χ2n) is 10.9. The van der Waals surface area contributed by atoms with Gasteiger partial charge in [0.1, 0.15) is 11.2 Å². The van der Waals surface area contributed by atoms with E-state index in [-0.39, 0.29) is 0 Å². The first-order chi connectivity index (χ1) is 21.8. The van der Waals surface area contributed by atoms with Crippen LogP contribution in [0.1, 0.15) is 0 Å². The van der Waals surface area contributed by atoms with Gasteiger partial charge in [-0.15, -0.1) is 11.3 Å². The van der Waals surface area contributed by atoms with Crippen molar-refractivity contribution in [3.63, 3.8) is 0 Å². The maximum absolute atomic E-state index is 6.47. The topological polar surface area (TPSA) is 38.9 Å². The highest BCUT2D eigenvalue weighted by Gasteiger charge is 2.19. The molecule has 9 rings (SSSR count). The molecular formula is C40H24N2OS. The van der Waals surface area contributed by atoms with E-state index < -0.39 is 0 Å². The normalized spacial score (nSPS) is 11.6. The Morgan fingerprint density at radius 2 is 1.07 bits per heavy atom. The van der Waals surface area contributed by atoms with Crippen molar-refractivity contribution >= 4 is 53.4 Å². The van der Waals surface area contributed by atoms with Gasteiger partial charge >= 0.3 is 0 Å². The maximum atomic E-state index is 6.47. The summed E-state index contributed by atoms with van der Waals surface area (Å²) in [5.74, 6) is 0.700. The summed E-state index contributed by atoms with van der Waals surface area (Å²) in [6, 6.07) is 50.6. The summed E-state index contributed by atoms with van der Waals surface area (Å²) in [4.78, 5) is 10.6. The molecule has 0 spiro atoms. The molecule has 9 aromatic rings. The minimum atomic E-state index is 0.700. The summed E-state index contributed by atoms with van der Waals surface area (Å²) in [5.41, 5.74) is 8.72. The van der Waals surface area contributed by atoms with Gasteiger partial charge in [0.2, 0.25) is 0 Å². The molecule has 3 nitrogen and oxygen atoms in total. The van der Waals surface area contributed by atoms with Crippen LogP contribution in [0.25, 0.3) is 87.1 Å². The van der Waals surface area contributed by atoms with Crippen molar-refractivity contribution in [2.45, 2.75) is 0 Å². The summed E-state index contributed by atoms with van der Waals surface area (Å²) in [6.07, 6.45) is 0. The Bertz CT molecular complexity index is 2380. The Labute approximate surface area is 257 Å². The monoisotopic (exact) mass is 580 g/mol. The molecule has 0 saturated heterocycles. The van der Waals surface area contributed by atoms with Gasteiger partial charge in [-0.05, 0) is 41.5 Å². The molecule has 0 aliphatic rings. The Morgan fingerprint density at radius 3 is 1.93 bits per heavy atom. The first-order valence-electron chi connectivity index (χ1n) is 14.7. The van der Waals surface area contributed by atoms with Crippen LogP contribution in [0.15, 0.2) is 150 Å². The van der Waals surface area contributed by atoms with Crippen molar-refractivity contribution in [1.82, 2.24) is 9.97 Å². The molecule has 6 aromatic carbocycles. The largest absolute Gasteiger partial charge is 0.455 e. The zero-order valence-electron chi connectivity index (χ0n) is 23.6. The third kappa shape index (κ3) is 3.96. The average Bonchev–Trinajstić information content (AvgIpc) is 3.67. The van der Waals surface area contributed by atoms with Gasteiger partial charge in [-0.25, -0.2) is 9.97 Å². The Kier molecular flexibility index (Phi) is 5.68. The Hall–Kier alpha value is -5.58. The highest BCUT2D eigenvalue weighted by Crippen LogP contribution is 2.42.